The number of ether oxygens (including phenoxy) is 1. The summed E-state index contributed by atoms with van der Waals surface area (Å²) >= 11 is 0. The van der Waals surface area contributed by atoms with Crippen LogP contribution in [0.2, 0.25) is 0 Å². The SMILES string of the molecule is CCOC(=O)[C@@H](O)[C@H](O)c1cccn1Cc1ccccc1. The van der Waals surface area contributed by atoms with Crippen LogP contribution in [0.3, 0.4) is 0 Å². The van der Waals surface area contributed by atoms with Crippen molar-refractivity contribution in [2.45, 2.75) is 25.7 Å². The van der Waals surface area contributed by atoms with Crippen molar-refractivity contribution in [1.82, 2.24) is 4.57 Å². The molecule has 5 heteroatoms. The van der Waals surface area contributed by atoms with Crippen molar-refractivity contribution in [2.75, 3.05) is 6.61 Å². The summed E-state index contributed by atoms with van der Waals surface area (Å²) in [6, 6.07) is 13.2. The monoisotopic (exact) mass is 289 g/mol. The van der Waals surface area contributed by atoms with Gasteiger partial charge in [-0.1, -0.05) is 30.3 Å². The van der Waals surface area contributed by atoms with Gasteiger partial charge in [-0.15, -0.1) is 0 Å². The summed E-state index contributed by atoms with van der Waals surface area (Å²) in [5.41, 5.74) is 1.53. The van der Waals surface area contributed by atoms with Gasteiger partial charge in [-0.3, -0.25) is 0 Å². The number of benzene rings is 1. The van der Waals surface area contributed by atoms with E-state index in [1.807, 2.05) is 30.3 Å². The Kier molecular flexibility index (Phi) is 5.14. The molecule has 5 nitrogen and oxygen atoms in total. The smallest absolute Gasteiger partial charge is 0.338 e. The number of aliphatic hydroxyl groups excluding tert-OH is 2. The molecule has 0 aliphatic carbocycles. The Hall–Kier alpha value is -2.11. The van der Waals surface area contributed by atoms with Crippen molar-refractivity contribution in [2.24, 2.45) is 0 Å². The van der Waals surface area contributed by atoms with Crippen LogP contribution in [-0.4, -0.2) is 33.5 Å². The lowest BCUT2D eigenvalue weighted by atomic mass is 10.1. The topological polar surface area (TPSA) is 71.7 Å². The number of aromatic nitrogens is 1. The molecule has 0 aliphatic heterocycles. The van der Waals surface area contributed by atoms with Crippen LogP contribution in [0.4, 0.5) is 0 Å². The van der Waals surface area contributed by atoms with Gasteiger partial charge in [0.05, 0.1) is 12.3 Å². The van der Waals surface area contributed by atoms with Gasteiger partial charge in [0.1, 0.15) is 6.10 Å². The van der Waals surface area contributed by atoms with Gasteiger partial charge in [-0.25, -0.2) is 4.79 Å². The number of hydrogen-bond donors (Lipinski definition) is 2. The summed E-state index contributed by atoms with van der Waals surface area (Å²) in [5, 5.41) is 20.0. The molecule has 0 bridgehead atoms. The van der Waals surface area contributed by atoms with Gasteiger partial charge in [-0.2, -0.15) is 0 Å². The molecule has 0 amide bonds. The average Bonchev–Trinajstić information content (AvgIpc) is 2.95. The third-order valence-electron chi connectivity index (χ3n) is 3.19. The molecule has 2 aromatic rings. The van der Waals surface area contributed by atoms with E-state index < -0.39 is 18.2 Å². The van der Waals surface area contributed by atoms with Crippen LogP contribution in [0.5, 0.6) is 0 Å². The van der Waals surface area contributed by atoms with Crippen LogP contribution < -0.4 is 0 Å². The zero-order valence-electron chi connectivity index (χ0n) is 11.8. The lowest BCUT2D eigenvalue weighted by molar-refractivity contribution is -0.159. The van der Waals surface area contributed by atoms with E-state index in [1.165, 1.54) is 0 Å². The number of aliphatic hydroxyl groups is 2. The van der Waals surface area contributed by atoms with Gasteiger partial charge < -0.3 is 19.5 Å². The van der Waals surface area contributed by atoms with Crippen molar-refractivity contribution in [1.29, 1.82) is 0 Å². The van der Waals surface area contributed by atoms with E-state index in [0.29, 0.717) is 12.2 Å². The quantitative estimate of drug-likeness (QED) is 0.790. The third-order valence-corrected chi connectivity index (χ3v) is 3.19. The minimum atomic E-state index is -1.59. The van der Waals surface area contributed by atoms with Crippen molar-refractivity contribution >= 4 is 5.97 Å². The Balaban J connectivity index is 2.14. The number of nitrogens with zero attached hydrogens (tertiary/aromatic N) is 1. The zero-order chi connectivity index (χ0) is 15.2. The van der Waals surface area contributed by atoms with E-state index in [0.717, 1.165) is 5.56 Å². The molecule has 0 fully saturated rings. The van der Waals surface area contributed by atoms with E-state index in [2.05, 4.69) is 0 Å². The average molecular weight is 289 g/mol. The Morgan fingerprint density at radius 2 is 1.90 bits per heavy atom. The summed E-state index contributed by atoms with van der Waals surface area (Å²) in [7, 11) is 0. The molecule has 0 saturated carbocycles. The summed E-state index contributed by atoms with van der Waals surface area (Å²) < 4.78 is 6.52. The standard InChI is InChI=1S/C16H19NO4/c1-2-21-16(20)15(19)14(18)13-9-6-10-17(13)11-12-7-4-3-5-8-12/h3-10,14-15,18-19H,2,11H2,1H3/t14-,15+/m1/s1. The van der Waals surface area contributed by atoms with Gasteiger partial charge in [0.25, 0.3) is 0 Å². The molecule has 1 aromatic heterocycles. The second kappa shape index (κ2) is 7.06. The van der Waals surface area contributed by atoms with E-state index in [9.17, 15) is 15.0 Å². The lowest BCUT2D eigenvalue weighted by Crippen LogP contribution is -2.31. The maximum Gasteiger partial charge on any atom is 0.338 e. The molecule has 0 unspecified atom stereocenters. The number of esters is 1. The third kappa shape index (κ3) is 3.71. The number of carbonyl (C=O) groups excluding carboxylic acids is 1. The van der Waals surface area contributed by atoms with Crippen molar-refractivity contribution < 1.29 is 19.7 Å². The molecule has 112 valence electrons. The molecule has 1 aromatic carbocycles. The Morgan fingerprint density at radius 1 is 1.19 bits per heavy atom. The minimum absolute atomic E-state index is 0.160. The predicted molar refractivity (Wildman–Crippen MR) is 77.6 cm³/mol. The lowest BCUT2D eigenvalue weighted by Gasteiger charge is -2.19. The summed E-state index contributed by atoms with van der Waals surface area (Å²) in [4.78, 5) is 11.5. The summed E-state index contributed by atoms with van der Waals surface area (Å²) in [6.45, 7) is 2.36. The van der Waals surface area contributed by atoms with E-state index in [-0.39, 0.29) is 6.61 Å². The van der Waals surface area contributed by atoms with Crippen LogP contribution in [-0.2, 0) is 16.1 Å². The second-order valence-electron chi connectivity index (χ2n) is 4.69. The van der Waals surface area contributed by atoms with E-state index in [1.54, 1.807) is 29.8 Å². The highest BCUT2D eigenvalue weighted by molar-refractivity contribution is 5.75. The summed E-state index contributed by atoms with van der Waals surface area (Å²) in [6.07, 6.45) is -1.11. The minimum Gasteiger partial charge on any atom is -0.464 e. The van der Waals surface area contributed by atoms with Crippen molar-refractivity contribution in [3.63, 3.8) is 0 Å². The Morgan fingerprint density at radius 3 is 2.57 bits per heavy atom. The maximum absolute atomic E-state index is 11.5. The molecule has 21 heavy (non-hydrogen) atoms. The largest absolute Gasteiger partial charge is 0.464 e. The van der Waals surface area contributed by atoms with Gasteiger partial charge in [-0.05, 0) is 24.6 Å². The molecule has 0 aliphatic rings. The van der Waals surface area contributed by atoms with Gasteiger partial charge in [0.2, 0.25) is 0 Å². The molecule has 0 saturated heterocycles. The fourth-order valence-corrected chi connectivity index (χ4v) is 2.14. The maximum atomic E-state index is 11.5. The second-order valence-corrected chi connectivity index (χ2v) is 4.69. The molecular formula is C16H19NO4. The normalized spacial score (nSPS) is 13.7. The predicted octanol–water partition coefficient (Wildman–Crippen LogP) is 1.49. The van der Waals surface area contributed by atoms with Gasteiger partial charge >= 0.3 is 5.97 Å². The van der Waals surface area contributed by atoms with E-state index >= 15 is 0 Å². The Bertz CT molecular complexity index is 579. The van der Waals surface area contributed by atoms with Crippen molar-refractivity contribution in [3.8, 4) is 0 Å². The van der Waals surface area contributed by atoms with Gasteiger partial charge in [0, 0.05) is 12.7 Å². The highest BCUT2D eigenvalue weighted by Crippen LogP contribution is 2.20. The van der Waals surface area contributed by atoms with Crippen molar-refractivity contribution in [3.05, 3.63) is 59.9 Å². The first-order valence-corrected chi connectivity index (χ1v) is 6.85. The van der Waals surface area contributed by atoms with Crippen LogP contribution in [0.15, 0.2) is 48.7 Å². The zero-order valence-corrected chi connectivity index (χ0v) is 11.8. The van der Waals surface area contributed by atoms with E-state index in [4.69, 9.17) is 4.74 Å². The first-order valence-electron chi connectivity index (χ1n) is 6.85. The molecule has 2 rings (SSSR count). The van der Waals surface area contributed by atoms with Gasteiger partial charge in [0.15, 0.2) is 6.10 Å². The van der Waals surface area contributed by atoms with Crippen LogP contribution in [0.1, 0.15) is 24.3 Å². The highest BCUT2D eigenvalue weighted by atomic mass is 16.5. The number of carbonyl (C=O) groups is 1. The first kappa shape index (κ1) is 15.3. The molecule has 2 N–H and O–H groups in total. The molecule has 1 heterocycles. The van der Waals surface area contributed by atoms with Crippen LogP contribution >= 0.6 is 0 Å². The fourth-order valence-electron chi connectivity index (χ4n) is 2.14. The summed E-state index contributed by atoms with van der Waals surface area (Å²) in [5.74, 6) is -0.822. The Labute approximate surface area is 123 Å². The number of rotatable bonds is 6. The fraction of sp³-hybridized carbons (Fsp3) is 0.312. The van der Waals surface area contributed by atoms with Crippen LogP contribution in [0, 0.1) is 0 Å². The molecule has 0 spiro atoms. The molecular weight excluding hydrogens is 270 g/mol. The van der Waals surface area contributed by atoms with Crippen LogP contribution in [0.25, 0.3) is 0 Å². The first-order chi connectivity index (χ1) is 10.1. The highest BCUT2D eigenvalue weighted by Gasteiger charge is 2.28. The number of hydrogen-bond acceptors (Lipinski definition) is 4. The molecule has 0 radical (unpaired) electrons. The molecule has 2 atom stereocenters.